The molecule has 1 nitrogen and oxygen atoms in total. The lowest BCUT2D eigenvalue weighted by molar-refractivity contribution is -0.122. The summed E-state index contributed by atoms with van der Waals surface area (Å²) in [5, 5.41) is 0. The summed E-state index contributed by atoms with van der Waals surface area (Å²) in [6.45, 7) is 1.81. The second kappa shape index (κ2) is 1.51. The maximum atomic E-state index is 11.4. The third-order valence-corrected chi connectivity index (χ3v) is 5.33. The molecule has 5 aliphatic rings. The van der Waals surface area contributed by atoms with Gasteiger partial charge in [0.25, 0.3) is 0 Å². The average Bonchev–Trinajstić information content (AvgIpc) is 2.45. The second-order valence-corrected chi connectivity index (χ2v) is 5.41. The van der Waals surface area contributed by atoms with Crippen molar-refractivity contribution in [1.29, 1.82) is 0 Å². The third-order valence-electron chi connectivity index (χ3n) is 5.33. The maximum absolute atomic E-state index is 11.4. The van der Waals surface area contributed by atoms with E-state index in [4.69, 9.17) is 0 Å². The Morgan fingerprint density at radius 1 is 1.00 bits per heavy atom. The highest BCUT2D eigenvalue weighted by atomic mass is 16.1. The van der Waals surface area contributed by atoms with E-state index < -0.39 is 0 Å². The Kier molecular flexibility index (Phi) is 0.779. The molecule has 0 aromatic carbocycles. The molecule has 0 N–H and O–H groups in total. The fourth-order valence-corrected chi connectivity index (χ4v) is 5.18. The summed E-state index contributed by atoms with van der Waals surface area (Å²) in [7, 11) is 0. The Morgan fingerprint density at radius 2 is 1.75 bits per heavy atom. The first-order valence-electron chi connectivity index (χ1n) is 5.29. The van der Waals surface area contributed by atoms with Crippen molar-refractivity contribution < 1.29 is 4.79 Å². The molecule has 7 atom stereocenters. The van der Waals surface area contributed by atoms with Crippen molar-refractivity contribution in [1.82, 2.24) is 0 Å². The van der Waals surface area contributed by atoms with Crippen LogP contribution in [0.3, 0.4) is 0 Å². The van der Waals surface area contributed by atoms with Gasteiger partial charge in [0.2, 0.25) is 0 Å². The molecule has 1 heteroatoms. The molecule has 64 valence electrons. The van der Waals surface area contributed by atoms with E-state index in [1.165, 1.54) is 12.8 Å². The highest BCUT2D eigenvalue weighted by molar-refractivity contribution is 5.79. The molecule has 0 aromatic heterocycles. The highest BCUT2D eigenvalue weighted by Gasteiger charge is 2.77. The molecule has 12 heavy (non-hydrogen) atoms. The predicted molar refractivity (Wildman–Crippen MR) is 44.3 cm³/mol. The topological polar surface area (TPSA) is 17.1 Å². The van der Waals surface area contributed by atoms with Gasteiger partial charge in [0.1, 0.15) is 5.78 Å². The van der Waals surface area contributed by atoms with Crippen LogP contribution in [0.15, 0.2) is 0 Å². The second-order valence-electron chi connectivity index (χ2n) is 5.41. The van der Waals surface area contributed by atoms with Crippen molar-refractivity contribution in [3.8, 4) is 0 Å². The van der Waals surface area contributed by atoms with Crippen LogP contribution in [0.2, 0.25) is 0 Å². The van der Waals surface area contributed by atoms with Crippen LogP contribution in [-0.4, -0.2) is 5.78 Å². The van der Waals surface area contributed by atoms with E-state index in [0.29, 0.717) is 11.7 Å². The van der Waals surface area contributed by atoms with Crippen molar-refractivity contribution >= 4 is 5.78 Å². The zero-order chi connectivity index (χ0) is 8.03. The molecule has 5 fully saturated rings. The van der Waals surface area contributed by atoms with Crippen molar-refractivity contribution in [3.63, 3.8) is 0 Å². The minimum atomic E-state index is 0.485. The van der Waals surface area contributed by atoms with E-state index in [0.717, 1.165) is 35.5 Å². The van der Waals surface area contributed by atoms with Crippen LogP contribution in [0.5, 0.6) is 0 Å². The van der Waals surface area contributed by atoms with Crippen molar-refractivity contribution in [2.24, 2.45) is 41.4 Å². The van der Waals surface area contributed by atoms with Gasteiger partial charge in [-0.25, -0.2) is 0 Å². The van der Waals surface area contributed by atoms with Gasteiger partial charge in [-0.3, -0.25) is 4.79 Å². The lowest BCUT2D eigenvalue weighted by Gasteiger charge is -2.17. The van der Waals surface area contributed by atoms with Gasteiger partial charge in [-0.15, -0.1) is 0 Å². The molecule has 0 spiro atoms. The van der Waals surface area contributed by atoms with Crippen LogP contribution < -0.4 is 0 Å². The zero-order valence-corrected chi connectivity index (χ0v) is 7.36. The lowest BCUT2D eigenvalue weighted by Crippen LogP contribution is -2.20. The van der Waals surface area contributed by atoms with Crippen LogP contribution >= 0.6 is 0 Å². The van der Waals surface area contributed by atoms with Gasteiger partial charge in [-0.1, -0.05) is 0 Å². The van der Waals surface area contributed by atoms with E-state index in [9.17, 15) is 4.79 Å². The summed E-state index contributed by atoms with van der Waals surface area (Å²) < 4.78 is 0. The van der Waals surface area contributed by atoms with Gasteiger partial charge in [-0.2, -0.15) is 0 Å². The number of Topliss-reactive ketones (excluding diaryl/α,β-unsaturated/α-hetero) is 1. The van der Waals surface area contributed by atoms with Crippen LogP contribution in [0.1, 0.15) is 19.8 Å². The van der Waals surface area contributed by atoms with Crippen LogP contribution in [0.4, 0.5) is 0 Å². The van der Waals surface area contributed by atoms with Gasteiger partial charge in [-0.05, 0) is 55.3 Å². The predicted octanol–water partition coefficient (Wildman–Crippen LogP) is 1.72. The Labute approximate surface area is 72.5 Å². The minimum absolute atomic E-state index is 0.485. The molecular weight excluding hydrogens is 148 g/mol. The average molecular weight is 162 g/mol. The Morgan fingerprint density at radius 3 is 2.25 bits per heavy atom. The lowest BCUT2D eigenvalue weighted by atomic mass is 9.86. The molecule has 0 aliphatic heterocycles. The molecule has 6 unspecified atom stereocenters. The summed E-state index contributed by atoms with van der Waals surface area (Å²) in [4.78, 5) is 11.4. The quantitative estimate of drug-likeness (QED) is 0.574. The number of carbonyl (C=O) groups excluding carboxylic acids is 1. The molecule has 5 rings (SSSR count). The molecule has 0 aromatic rings. The summed E-state index contributed by atoms with van der Waals surface area (Å²) in [6, 6.07) is 0. The smallest absolute Gasteiger partial charge is 0.133 e. The largest absolute Gasteiger partial charge is 0.300 e. The van der Waals surface area contributed by atoms with Gasteiger partial charge in [0.15, 0.2) is 0 Å². The minimum Gasteiger partial charge on any atom is -0.300 e. The van der Waals surface area contributed by atoms with Crippen molar-refractivity contribution in [3.05, 3.63) is 0 Å². The van der Waals surface area contributed by atoms with Gasteiger partial charge >= 0.3 is 0 Å². The monoisotopic (exact) mass is 162 g/mol. The number of ketones is 1. The van der Waals surface area contributed by atoms with Crippen LogP contribution in [-0.2, 0) is 4.79 Å². The molecule has 0 heterocycles. The maximum Gasteiger partial charge on any atom is 0.133 e. The van der Waals surface area contributed by atoms with Gasteiger partial charge in [0.05, 0.1) is 0 Å². The molecule has 5 aliphatic carbocycles. The molecule has 6 bridgehead atoms. The van der Waals surface area contributed by atoms with E-state index >= 15 is 0 Å². The van der Waals surface area contributed by atoms with Gasteiger partial charge < -0.3 is 0 Å². The van der Waals surface area contributed by atoms with E-state index in [1.807, 2.05) is 0 Å². The Bertz CT molecular complexity index is 283. The first-order chi connectivity index (χ1) is 5.79. The number of carbonyl (C=O) groups is 1. The molecule has 5 saturated carbocycles. The third kappa shape index (κ3) is 0.419. The number of hydrogen-bond acceptors (Lipinski definition) is 1. The summed E-state index contributed by atoms with van der Waals surface area (Å²) in [6.07, 6.45) is 2.76. The first-order valence-corrected chi connectivity index (χ1v) is 5.29. The van der Waals surface area contributed by atoms with Crippen LogP contribution in [0, 0.1) is 41.4 Å². The molecule has 0 saturated heterocycles. The van der Waals surface area contributed by atoms with E-state index in [2.05, 4.69) is 0 Å². The zero-order valence-electron chi connectivity index (χ0n) is 7.36. The molecule has 0 radical (unpaired) electrons. The van der Waals surface area contributed by atoms with E-state index in [-0.39, 0.29) is 0 Å². The summed E-state index contributed by atoms with van der Waals surface area (Å²) >= 11 is 0. The number of rotatable bonds is 1. The molecular formula is C11H14O. The molecule has 0 amide bonds. The summed E-state index contributed by atoms with van der Waals surface area (Å²) in [5.74, 6) is 7.07. The number of hydrogen-bond donors (Lipinski definition) is 0. The van der Waals surface area contributed by atoms with Crippen molar-refractivity contribution in [2.45, 2.75) is 19.8 Å². The van der Waals surface area contributed by atoms with E-state index in [1.54, 1.807) is 6.92 Å². The SMILES string of the molecule is CC(=O)[C@@H]1CC2C3CC4C2C4C31. The fourth-order valence-electron chi connectivity index (χ4n) is 5.18. The van der Waals surface area contributed by atoms with Crippen LogP contribution in [0.25, 0.3) is 0 Å². The Hall–Kier alpha value is -0.330. The standard InChI is InChI=1S/C11H14O/c1-4(12)5-2-6-7-3-8-10(6)11(8)9(5)7/h5-11H,2-3H2,1H3/t5-,6?,7?,8?,9?,10?,11?/m0/s1. The normalized spacial score (nSPS) is 68.9. The fraction of sp³-hybridized carbons (Fsp3) is 0.909. The Balaban J connectivity index is 1.79. The van der Waals surface area contributed by atoms with Crippen molar-refractivity contribution in [2.75, 3.05) is 0 Å². The first kappa shape index (κ1) is 6.17. The van der Waals surface area contributed by atoms with Gasteiger partial charge in [0, 0.05) is 5.92 Å². The summed E-state index contributed by atoms with van der Waals surface area (Å²) in [5.41, 5.74) is 0. The highest BCUT2D eigenvalue weighted by Crippen LogP contribution is 2.82.